The number of carbonyl (C=O) groups excluding carboxylic acids is 3. The number of hydrogen-bond acceptors (Lipinski definition) is 4. The van der Waals surface area contributed by atoms with Gasteiger partial charge in [0.2, 0.25) is 5.91 Å². The zero-order valence-electron chi connectivity index (χ0n) is 15.9. The molecule has 0 aliphatic carbocycles. The molecule has 28 heavy (non-hydrogen) atoms. The van der Waals surface area contributed by atoms with Gasteiger partial charge in [-0.1, -0.05) is 23.7 Å². The normalized spacial score (nSPS) is 10.2. The Morgan fingerprint density at radius 2 is 1.64 bits per heavy atom. The van der Waals surface area contributed by atoms with Crippen LogP contribution >= 0.6 is 11.6 Å². The highest BCUT2D eigenvalue weighted by atomic mass is 35.5. The van der Waals surface area contributed by atoms with Crippen molar-refractivity contribution in [2.75, 3.05) is 17.2 Å². The van der Waals surface area contributed by atoms with Crippen LogP contribution in [0.25, 0.3) is 0 Å². The highest BCUT2D eigenvalue weighted by Crippen LogP contribution is 2.17. The second-order valence-electron chi connectivity index (χ2n) is 6.44. The van der Waals surface area contributed by atoms with Gasteiger partial charge in [-0.2, -0.15) is 0 Å². The minimum Gasteiger partial charge on any atom is -0.456 e. The molecule has 0 fully saturated rings. The van der Waals surface area contributed by atoms with Crippen LogP contribution in [-0.2, 0) is 19.1 Å². The molecule has 0 aliphatic rings. The Kier molecular flexibility index (Phi) is 8.02. The number of rotatable bonds is 8. The summed E-state index contributed by atoms with van der Waals surface area (Å²) in [4.78, 5) is 35.5. The molecule has 0 saturated heterocycles. The van der Waals surface area contributed by atoms with Crippen molar-refractivity contribution in [3.63, 3.8) is 0 Å². The summed E-state index contributed by atoms with van der Waals surface area (Å²) in [5.74, 6) is -1.13. The SMILES string of the molecule is Cc1ccc(C)c(NC(=O)CCCC(=O)OCC(=O)Nc2ccc(Cl)cc2)c1. The second kappa shape index (κ2) is 10.5. The smallest absolute Gasteiger partial charge is 0.306 e. The van der Waals surface area contributed by atoms with Crippen LogP contribution in [0.3, 0.4) is 0 Å². The van der Waals surface area contributed by atoms with Gasteiger partial charge in [-0.25, -0.2) is 0 Å². The summed E-state index contributed by atoms with van der Waals surface area (Å²) in [7, 11) is 0. The van der Waals surface area contributed by atoms with E-state index in [4.69, 9.17) is 16.3 Å². The molecule has 0 heterocycles. The largest absolute Gasteiger partial charge is 0.456 e. The lowest BCUT2D eigenvalue weighted by Crippen LogP contribution is -2.21. The zero-order valence-corrected chi connectivity index (χ0v) is 16.6. The van der Waals surface area contributed by atoms with E-state index in [1.54, 1.807) is 24.3 Å². The van der Waals surface area contributed by atoms with Crippen LogP contribution in [0.1, 0.15) is 30.4 Å². The maximum atomic E-state index is 12.0. The molecule has 2 N–H and O–H groups in total. The van der Waals surface area contributed by atoms with E-state index in [0.717, 1.165) is 16.8 Å². The number of amides is 2. The standard InChI is InChI=1S/C21H23ClN2O4/c1-14-6-7-15(2)18(12-14)24-19(25)4-3-5-21(27)28-13-20(26)23-17-10-8-16(22)9-11-17/h6-12H,3-5,13H2,1-2H3,(H,23,26)(H,24,25). The van der Waals surface area contributed by atoms with E-state index in [2.05, 4.69) is 10.6 Å². The Labute approximate surface area is 169 Å². The van der Waals surface area contributed by atoms with Crippen LogP contribution in [0.2, 0.25) is 5.02 Å². The van der Waals surface area contributed by atoms with Gasteiger partial charge in [0.1, 0.15) is 0 Å². The van der Waals surface area contributed by atoms with Gasteiger partial charge in [0, 0.05) is 29.2 Å². The molecule has 2 rings (SSSR count). The van der Waals surface area contributed by atoms with E-state index in [0.29, 0.717) is 17.1 Å². The number of benzene rings is 2. The molecule has 0 aliphatic heterocycles. The van der Waals surface area contributed by atoms with Gasteiger partial charge >= 0.3 is 5.97 Å². The molecule has 148 valence electrons. The fourth-order valence-corrected chi connectivity index (χ4v) is 2.55. The third-order valence-corrected chi connectivity index (χ3v) is 4.20. The average molecular weight is 403 g/mol. The summed E-state index contributed by atoms with van der Waals surface area (Å²) >= 11 is 5.77. The Hall–Kier alpha value is -2.86. The van der Waals surface area contributed by atoms with Crippen molar-refractivity contribution in [3.8, 4) is 0 Å². The van der Waals surface area contributed by atoms with Crippen LogP contribution in [0.5, 0.6) is 0 Å². The summed E-state index contributed by atoms with van der Waals surface area (Å²) in [6, 6.07) is 12.4. The van der Waals surface area contributed by atoms with Crippen molar-refractivity contribution < 1.29 is 19.1 Å². The molecule has 6 nitrogen and oxygen atoms in total. The molecule has 0 bridgehead atoms. The van der Waals surface area contributed by atoms with E-state index in [1.165, 1.54) is 0 Å². The highest BCUT2D eigenvalue weighted by Gasteiger charge is 2.10. The fourth-order valence-electron chi connectivity index (χ4n) is 2.43. The first-order chi connectivity index (χ1) is 13.3. The van der Waals surface area contributed by atoms with Crippen LogP contribution in [-0.4, -0.2) is 24.4 Å². The zero-order chi connectivity index (χ0) is 20.5. The van der Waals surface area contributed by atoms with Gasteiger partial charge in [-0.3, -0.25) is 14.4 Å². The topological polar surface area (TPSA) is 84.5 Å². The molecular formula is C21H23ClN2O4. The van der Waals surface area contributed by atoms with E-state index in [1.807, 2.05) is 32.0 Å². The number of carbonyl (C=O) groups is 3. The molecule has 0 aromatic heterocycles. The molecule has 0 radical (unpaired) electrons. The molecule has 7 heteroatoms. The first kappa shape index (κ1) is 21.4. The number of ether oxygens (including phenoxy) is 1. The minimum absolute atomic E-state index is 0.0639. The Morgan fingerprint density at radius 3 is 2.36 bits per heavy atom. The van der Waals surface area contributed by atoms with Crippen molar-refractivity contribution >= 4 is 40.8 Å². The average Bonchev–Trinajstić information content (AvgIpc) is 2.65. The third kappa shape index (κ3) is 7.40. The van der Waals surface area contributed by atoms with Gasteiger partial charge in [-0.05, 0) is 61.7 Å². The van der Waals surface area contributed by atoms with E-state index in [9.17, 15) is 14.4 Å². The van der Waals surface area contributed by atoms with Crippen molar-refractivity contribution in [3.05, 3.63) is 58.6 Å². The molecule has 2 aromatic rings. The Balaban J connectivity index is 1.65. The van der Waals surface area contributed by atoms with E-state index >= 15 is 0 Å². The summed E-state index contributed by atoms with van der Waals surface area (Å²) in [5.41, 5.74) is 3.37. The quantitative estimate of drug-likeness (QED) is 0.646. The van der Waals surface area contributed by atoms with Crippen molar-refractivity contribution in [2.45, 2.75) is 33.1 Å². The van der Waals surface area contributed by atoms with Gasteiger partial charge in [-0.15, -0.1) is 0 Å². The molecule has 2 amide bonds. The summed E-state index contributed by atoms with van der Waals surface area (Å²) in [6.07, 6.45) is 0.599. The third-order valence-electron chi connectivity index (χ3n) is 3.94. The first-order valence-corrected chi connectivity index (χ1v) is 9.29. The van der Waals surface area contributed by atoms with Crippen molar-refractivity contribution in [1.82, 2.24) is 0 Å². The van der Waals surface area contributed by atoms with Gasteiger partial charge < -0.3 is 15.4 Å². The van der Waals surface area contributed by atoms with Crippen LogP contribution < -0.4 is 10.6 Å². The number of hydrogen-bond donors (Lipinski definition) is 2. The van der Waals surface area contributed by atoms with E-state index < -0.39 is 11.9 Å². The molecule has 0 saturated carbocycles. The van der Waals surface area contributed by atoms with Crippen LogP contribution in [0.15, 0.2) is 42.5 Å². The predicted molar refractivity (Wildman–Crippen MR) is 109 cm³/mol. The second-order valence-corrected chi connectivity index (χ2v) is 6.87. The molecule has 0 atom stereocenters. The molecule has 0 spiro atoms. The van der Waals surface area contributed by atoms with Gasteiger partial charge in [0.05, 0.1) is 0 Å². The Bertz CT molecular complexity index is 850. The van der Waals surface area contributed by atoms with E-state index in [-0.39, 0.29) is 25.4 Å². The highest BCUT2D eigenvalue weighted by molar-refractivity contribution is 6.30. The lowest BCUT2D eigenvalue weighted by Gasteiger charge is -2.09. The fraction of sp³-hybridized carbons (Fsp3) is 0.286. The first-order valence-electron chi connectivity index (χ1n) is 8.91. The number of esters is 1. The number of aryl methyl sites for hydroxylation is 2. The van der Waals surface area contributed by atoms with Gasteiger partial charge in [0.15, 0.2) is 6.61 Å². The molecule has 2 aromatic carbocycles. The lowest BCUT2D eigenvalue weighted by molar-refractivity contribution is -0.147. The molecule has 0 unspecified atom stereocenters. The minimum atomic E-state index is -0.522. The maximum Gasteiger partial charge on any atom is 0.306 e. The van der Waals surface area contributed by atoms with Crippen LogP contribution in [0, 0.1) is 13.8 Å². The van der Waals surface area contributed by atoms with Gasteiger partial charge in [0.25, 0.3) is 5.91 Å². The summed E-state index contributed by atoms with van der Waals surface area (Å²) in [6.45, 7) is 3.49. The van der Waals surface area contributed by atoms with Crippen molar-refractivity contribution in [1.29, 1.82) is 0 Å². The number of halogens is 1. The predicted octanol–water partition coefficient (Wildman–Crippen LogP) is 4.25. The van der Waals surface area contributed by atoms with Crippen molar-refractivity contribution in [2.24, 2.45) is 0 Å². The number of nitrogens with one attached hydrogen (secondary N) is 2. The number of anilines is 2. The maximum absolute atomic E-state index is 12.0. The summed E-state index contributed by atoms with van der Waals surface area (Å²) < 4.78 is 4.93. The summed E-state index contributed by atoms with van der Waals surface area (Å²) in [5, 5.41) is 6.00. The van der Waals surface area contributed by atoms with Crippen LogP contribution in [0.4, 0.5) is 11.4 Å². The Morgan fingerprint density at radius 1 is 0.929 bits per heavy atom. The molecular weight excluding hydrogens is 380 g/mol. The lowest BCUT2D eigenvalue weighted by atomic mass is 10.1. The monoisotopic (exact) mass is 402 g/mol.